The maximum Gasteiger partial charge on any atom is 0.288 e. The molecule has 134 valence electrons. The first kappa shape index (κ1) is 17.7. The number of ether oxygens (including phenoxy) is 2. The predicted molar refractivity (Wildman–Crippen MR) is 95.2 cm³/mol. The molecule has 0 saturated heterocycles. The van der Waals surface area contributed by atoms with Crippen molar-refractivity contribution in [2.24, 2.45) is 5.10 Å². The molecule has 1 aliphatic rings. The van der Waals surface area contributed by atoms with Gasteiger partial charge in [-0.25, -0.2) is 5.43 Å². The molecule has 0 fully saturated rings. The number of amides is 1. The number of benzene rings is 2. The summed E-state index contributed by atoms with van der Waals surface area (Å²) >= 11 is 5.75. The molecule has 0 aliphatic carbocycles. The molecular weight excluding hydrogens is 362 g/mol. The highest BCUT2D eigenvalue weighted by molar-refractivity contribution is 6.32. The minimum absolute atomic E-state index is 0.0309. The number of fused-ring (bicyclic) bond motifs is 1. The van der Waals surface area contributed by atoms with Gasteiger partial charge < -0.3 is 9.47 Å². The topological polar surface area (TPSA) is 103 Å². The van der Waals surface area contributed by atoms with Crippen LogP contribution in [-0.2, 0) is 0 Å². The molecule has 1 amide bonds. The lowest BCUT2D eigenvalue weighted by atomic mass is 10.2. The highest BCUT2D eigenvalue weighted by atomic mass is 35.5. The van der Waals surface area contributed by atoms with E-state index in [1.807, 2.05) is 0 Å². The quantitative estimate of drug-likeness (QED) is 0.502. The number of rotatable bonds is 4. The Kier molecular flexibility index (Phi) is 5.33. The molecule has 2 aromatic carbocycles. The monoisotopic (exact) mass is 375 g/mol. The Balaban J connectivity index is 1.69. The largest absolute Gasteiger partial charge is 0.490 e. The number of hydrogen-bond acceptors (Lipinski definition) is 6. The van der Waals surface area contributed by atoms with Gasteiger partial charge in [-0.05, 0) is 24.3 Å². The standard InChI is InChI=1S/C17H14ClN3O5/c18-13-4-2-11(8-14(13)21(23)24)10-19-20-17(22)12-3-5-15-16(9-12)26-7-1-6-25-15/h2-5,8-10H,1,6-7H2,(H,20,22)/b19-10+. The van der Waals surface area contributed by atoms with E-state index in [2.05, 4.69) is 10.5 Å². The fourth-order valence-electron chi connectivity index (χ4n) is 2.28. The van der Waals surface area contributed by atoms with Crippen LogP contribution in [0.5, 0.6) is 11.5 Å². The van der Waals surface area contributed by atoms with Gasteiger partial charge in [0, 0.05) is 23.6 Å². The van der Waals surface area contributed by atoms with Gasteiger partial charge >= 0.3 is 0 Å². The van der Waals surface area contributed by atoms with Crippen LogP contribution in [-0.4, -0.2) is 30.3 Å². The molecule has 1 heterocycles. The number of nitrogens with one attached hydrogen (secondary N) is 1. The highest BCUT2D eigenvalue weighted by Crippen LogP contribution is 2.30. The van der Waals surface area contributed by atoms with Crippen LogP contribution < -0.4 is 14.9 Å². The lowest BCUT2D eigenvalue weighted by molar-refractivity contribution is -0.384. The van der Waals surface area contributed by atoms with Crippen LogP contribution in [0.4, 0.5) is 5.69 Å². The molecular formula is C17H14ClN3O5. The summed E-state index contributed by atoms with van der Waals surface area (Å²) in [6.45, 7) is 1.08. The predicted octanol–water partition coefficient (Wildman–Crippen LogP) is 3.17. The Morgan fingerprint density at radius 1 is 1.19 bits per heavy atom. The summed E-state index contributed by atoms with van der Waals surface area (Å²) in [5.74, 6) is 0.656. The van der Waals surface area contributed by atoms with E-state index in [4.69, 9.17) is 21.1 Å². The second-order valence-corrected chi connectivity index (χ2v) is 5.79. The fourth-order valence-corrected chi connectivity index (χ4v) is 2.47. The number of nitrogens with zero attached hydrogens (tertiary/aromatic N) is 2. The van der Waals surface area contributed by atoms with Crippen molar-refractivity contribution in [3.05, 3.63) is 62.7 Å². The average molecular weight is 376 g/mol. The molecule has 0 spiro atoms. The van der Waals surface area contributed by atoms with Gasteiger partial charge in [0.1, 0.15) is 5.02 Å². The van der Waals surface area contributed by atoms with Crippen LogP contribution in [0.25, 0.3) is 0 Å². The van der Waals surface area contributed by atoms with Crippen molar-refractivity contribution in [3.63, 3.8) is 0 Å². The second kappa shape index (κ2) is 7.83. The van der Waals surface area contributed by atoms with Crippen molar-refractivity contribution in [2.75, 3.05) is 13.2 Å². The van der Waals surface area contributed by atoms with E-state index in [1.54, 1.807) is 24.3 Å². The molecule has 0 saturated carbocycles. The first-order chi connectivity index (χ1) is 12.5. The minimum atomic E-state index is -0.587. The van der Waals surface area contributed by atoms with Crippen molar-refractivity contribution >= 4 is 29.4 Å². The van der Waals surface area contributed by atoms with Gasteiger partial charge in [0.25, 0.3) is 11.6 Å². The maximum atomic E-state index is 12.2. The van der Waals surface area contributed by atoms with Crippen LogP contribution >= 0.6 is 11.6 Å². The summed E-state index contributed by atoms with van der Waals surface area (Å²) in [6.07, 6.45) is 2.07. The number of nitro groups is 1. The molecule has 8 nitrogen and oxygen atoms in total. The molecule has 0 atom stereocenters. The summed E-state index contributed by atoms with van der Waals surface area (Å²) in [7, 11) is 0. The molecule has 9 heteroatoms. The zero-order chi connectivity index (χ0) is 18.5. The third-order valence-corrected chi connectivity index (χ3v) is 3.88. The van der Waals surface area contributed by atoms with Gasteiger partial charge in [0.15, 0.2) is 11.5 Å². The fraction of sp³-hybridized carbons (Fsp3) is 0.176. The number of carbonyl (C=O) groups is 1. The van der Waals surface area contributed by atoms with Gasteiger partial charge in [-0.3, -0.25) is 14.9 Å². The van der Waals surface area contributed by atoms with Crippen LogP contribution in [0.2, 0.25) is 5.02 Å². The normalized spacial score (nSPS) is 13.3. The summed E-state index contributed by atoms with van der Waals surface area (Å²) in [4.78, 5) is 22.5. The molecule has 1 aliphatic heterocycles. The van der Waals surface area contributed by atoms with Crippen LogP contribution in [0, 0.1) is 10.1 Å². The molecule has 0 radical (unpaired) electrons. The van der Waals surface area contributed by atoms with E-state index in [0.29, 0.717) is 35.8 Å². The SMILES string of the molecule is O=C(N/N=C/c1ccc(Cl)c([N+](=O)[O-])c1)c1ccc2c(c1)OCCCO2. The lowest BCUT2D eigenvalue weighted by Gasteiger charge is -2.08. The van der Waals surface area contributed by atoms with E-state index in [1.165, 1.54) is 18.3 Å². The number of halogens is 1. The third kappa shape index (κ3) is 4.09. The van der Waals surface area contributed by atoms with Crippen molar-refractivity contribution in [3.8, 4) is 11.5 Å². The summed E-state index contributed by atoms with van der Waals surface area (Å²) in [6, 6.07) is 9.07. The van der Waals surface area contributed by atoms with Crippen molar-refractivity contribution in [1.29, 1.82) is 0 Å². The zero-order valence-electron chi connectivity index (χ0n) is 13.5. The molecule has 3 rings (SSSR count). The number of nitro benzene ring substituents is 1. The Morgan fingerprint density at radius 3 is 2.73 bits per heavy atom. The number of carbonyl (C=O) groups excluding carboxylic acids is 1. The van der Waals surface area contributed by atoms with Gasteiger partial charge in [-0.15, -0.1) is 0 Å². The van der Waals surface area contributed by atoms with Crippen molar-refractivity contribution < 1.29 is 19.2 Å². The van der Waals surface area contributed by atoms with Gasteiger partial charge in [0.2, 0.25) is 0 Å². The summed E-state index contributed by atoms with van der Waals surface area (Å²) < 4.78 is 11.1. The van der Waals surface area contributed by atoms with E-state index in [9.17, 15) is 14.9 Å². The van der Waals surface area contributed by atoms with Crippen molar-refractivity contribution in [1.82, 2.24) is 5.43 Å². The van der Waals surface area contributed by atoms with E-state index in [0.717, 1.165) is 6.42 Å². The van der Waals surface area contributed by atoms with Crippen molar-refractivity contribution in [2.45, 2.75) is 6.42 Å². The molecule has 0 unspecified atom stereocenters. The second-order valence-electron chi connectivity index (χ2n) is 5.38. The van der Waals surface area contributed by atoms with E-state index < -0.39 is 10.8 Å². The Labute approximate surface area is 153 Å². The van der Waals surface area contributed by atoms with E-state index in [-0.39, 0.29) is 10.7 Å². The van der Waals surface area contributed by atoms with Crippen LogP contribution in [0.3, 0.4) is 0 Å². The third-order valence-electron chi connectivity index (χ3n) is 3.56. The number of hydrogen-bond donors (Lipinski definition) is 1. The average Bonchev–Trinajstić information content (AvgIpc) is 2.87. The summed E-state index contributed by atoms with van der Waals surface area (Å²) in [5.41, 5.74) is 2.92. The van der Waals surface area contributed by atoms with E-state index >= 15 is 0 Å². The van der Waals surface area contributed by atoms with Crippen LogP contribution in [0.15, 0.2) is 41.5 Å². The number of hydrazone groups is 1. The smallest absolute Gasteiger partial charge is 0.288 e. The molecule has 0 bridgehead atoms. The Morgan fingerprint density at radius 2 is 1.96 bits per heavy atom. The first-order valence-electron chi connectivity index (χ1n) is 7.71. The zero-order valence-corrected chi connectivity index (χ0v) is 14.2. The molecule has 0 aromatic heterocycles. The summed E-state index contributed by atoms with van der Waals surface area (Å²) in [5, 5.41) is 14.7. The Hall–Kier alpha value is -3.13. The van der Waals surface area contributed by atoms with Gasteiger partial charge in [-0.1, -0.05) is 17.7 Å². The van der Waals surface area contributed by atoms with Crippen LogP contribution in [0.1, 0.15) is 22.3 Å². The lowest BCUT2D eigenvalue weighted by Crippen LogP contribution is -2.17. The van der Waals surface area contributed by atoms with Gasteiger partial charge in [-0.2, -0.15) is 5.10 Å². The molecule has 1 N–H and O–H groups in total. The Bertz CT molecular complexity index is 885. The first-order valence-corrected chi connectivity index (χ1v) is 8.09. The minimum Gasteiger partial charge on any atom is -0.490 e. The highest BCUT2D eigenvalue weighted by Gasteiger charge is 2.14. The van der Waals surface area contributed by atoms with Gasteiger partial charge in [0.05, 0.1) is 24.4 Å². The maximum absolute atomic E-state index is 12.2. The molecule has 26 heavy (non-hydrogen) atoms. The molecule has 2 aromatic rings.